The molecule has 1 fully saturated rings. The molecule has 0 bridgehead atoms. The van der Waals surface area contributed by atoms with Crippen LogP contribution in [-0.4, -0.2) is 34.3 Å². The van der Waals surface area contributed by atoms with E-state index in [0.717, 1.165) is 6.20 Å². The molecule has 0 aromatic carbocycles. The maximum Gasteiger partial charge on any atom is 0.233 e. The van der Waals surface area contributed by atoms with Crippen molar-refractivity contribution >= 4 is 5.82 Å². The van der Waals surface area contributed by atoms with Crippen LogP contribution in [0, 0.1) is 11.9 Å². The van der Waals surface area contributed by atoms with Crippen molar-refractivity contribution in [2.24, 2.45) is 5.92 Å². The molecular formula is C9H12FN3O. The minimum absolute atomic E-state index is 0.195. The van der Waals surface area contributed by atoms with Gasteiger partial charge in [0.05, 0.1) is 18.5 Å². The highest BCUT2D eigenvalue weighted by Crippen LogP contribution is 2.21. The Morgan fingerprint density at radius 2 is 2.29 bits per heavy atom. The van der Waals surface area contributed by atoms with Gasteiger partial charge >= 0.3 is 0 Å². The van der Waals surface area contributed by atoms with Crippen molar-refractivity contribution in [3.8, 4) is 0 Å². The van der Waals surface area contributed by atoms with Gasteiger partial charge in [0.15, 0.2) is 5.82 Å². The van der Waals surface area contributed by atoms with Crippen molar-refractivity contribution in [1.29, 1.82) is 0 Å². The van der Waals surface area contributed by atoms with Crippen LogP contribution in [0.4, 0.5) is 10.2 Å². The van der Waals surface area contributed by atoms with E-state index >= 15 is 0 Å². The summed E-state index contributed by atoms with van der Waals surface area (Å²) in [5.74, 6) is 0.102. The van der Waals surface area contributed by atoms with Gasteiger partial charge in [0.25, 0.3) is 0 Å². The third-order valence-electron chi connectivity index (χ3n) is 2.49. The van der Waals surface area contributed by atoms with E-state index in [1.54, 1.807) is 0 Å². The number of hydrogen-bond donors (Lipinski definition) is 1. The van der Waals surface area contributed by atoms with Crippen LogP contribution in [0.3, 0.4) is 0 Å². The summed E-state index contributed by atoms with van der Waals surface area (Å²) in [6.45, 7) is 3.15. The molecule has 0 amide bonds. The number of aliphatic hydroxyl groups excluding tert-OH is 1. The fraction of sp³-hybridized carbons (Fsp3) is 0.556. The molecule has 1 aromatic rings. The van der Waals surface area contributed by atoms with Gasteiger partial charge in [0.1, 0.15) is 0 Å². The largest absolute Gasteiger partial charge is 0.391 e. The highest BCUT2D eigenvalue weighted by Gasteiger charge is 2.28. The highest BCUT2D eigenvalue weighted by atomic mass is 19.1. The van der Waals surface area contributed by atoms with E-state index in [1.807, 2.05) is 11.8 Å². The first-order valence-corrected chi connectivity index (χ1v) is 4.57. The van der Waals surface area contributed by atoms with Crippen molar-refractivity contribution in [2.45, 2.75) is 13.0 Å². The first-order chi connectivity index (χ1) is 6.66. The summed E-state index contributed by atoms with van der Waals surface area (Å²) in [6.07, 6.45) is 2.22. The predicted molar refractivity (Wildman–Crippen MR) is 49.4 cm³/mol. The standard InChI is InChI=1S/C9H12FN3O/c1-6-4-13(5-7(6)14)9-3-11-2-8(10)12-9/h2-3,6-7,14H,4-5H2,1H3. The number of hydrogen-bond acceptors (Lipinski definition) is 4. The lowest BCUT2D eigenvalue weighted by molar-refractivity contribution is 0.157. The summed E-state index contributed by atoms with van der Waals surface area (Å²) in [5, 5.41) is 9.52. The summed E-state index contributed by atoms with van der Waals surface area (Å²) in [4.78, 5) is 9.27. The summed E-state index contributed by atoms with van der Waals surface area (Å²) < 4.78 is 12.8. The normalized spacial score (nSPS) is 26.9. The van der Waals surface area contributed by atoms with Crippen LogP contribution >= 0.6 is 0 Å². The quantitative estimate of drug-likeness (QED) is 0.709. The monoisotopic (exact) mass is 197 g/mol. The average molecular weight is 197 g/mol. The zero-order valence-electron chi connectivity index (χ0n) is 7.89. The second kappa shape index (κ2) is 3.49. The second-order valence-electron chi connectivity index (χ2n) is 3.65. The molecule has 2 rings (SSSR count). The minimum Gasteiger partial charge on any atom is -0.391 e. The SMILES string of the molecule is CC1CN(c2cncc(F)n2)CC1O. The lowest BCUT2D eigenvalue weighted by Crippen LogP contribution is -2.22. The van der Waals surface area contributed by atoms with Crippen LogP contribution < -0.4 is 4.90 Å². The molecule has 1 N–H and O–H groups in total. The van der Waals surface area contributed by atoms with E-state index in [9.17, 15) is 9.50 Å². The van der Waals surface area contributed by atoms with E-state index in [0.29, 0.717) is 18.9 Å². The highest BCUT2D eigenvalue weighted by molar-refractivity contribution is 5.37. The van der Waals surface area contributed by atoms with Crippen LogP contribution in [0.2, 0.25) is 0 Å². The summed E-state index contributed by atoms with van der Waals surface area (Å²) in [5.41, 5.74) is 0. The van der Waals surface area contributed by atoms with Gasteiger partial charge in [-0.25, -0.2) is 0 Å². The van der Waals surface area contributed by atoms with Gasteiger partial charge in [-0.1, -0.05) is 6.92 Å². The van der Waals surface area contributed by atoms with Gasteiger partial charge < -0.3 is 10.0 Å². The third kappa shape index (κ3) is 1.68. The minimum atomic E-state index is -0.587. The number of halogens is 1. The molecule has 1 aliphatic rings. The molecule has 0 saturated carbocycles. The maximum absolute atomic E-state index is 12.8. The van der Waals surface area contributed by atoms with Crippen LogP contribution in [0.1, 0.15) is 6.92 Å². The van der Waals surface area contributed by atoms with E-state index in [1.165, 1.54) is 6.20 Å². The zero-order valence-corrected chi connectivity index (χ0v) is 7.89. The lowest BCUT2D eigenvalue weighted by atomic mass is 10.1. The van der Waals surface area contributed by atoms with E-state index in [2.05, 4.69) is 9.97 Å². The van der Waals surface area contributed by atoms with Crippen molar-refractivity contribution in [1.82, 2.24) is 9.97 Å². The predicted octanol–water partition coefficient (Wildman–Crippen LogP) is 0.433. The molecule has 2 unspecified atom stereocenters. The summed E-state index contributed by atoms with van der Waals surface area (Å²) in [6, 6.07) is 0. The lowest BCUT2D eigenvalue weighted by Gasteiger charge is -2.15. The van der Waals surface area contributed by atoms with Crippen molar-refractivity contribution in [2.75, 3.05) is 18.0 Å². The van der Waals surface area contributed by atoms with Crippen molar-refractivity contribution in [3.05, 3.63) is 18.3 Å². The molecule has 1 saturated heterocycles. The van der Waals surface area contributed by atoms with E-state index in [4.69, 9.17) is 0 Å². The Morgan fingerprint density at radius 3 is 2.86 bits per heavy atom. The topological polar surface area (TPSA) is 49.2 Å². The van der Waals surface area contributed by atoms with Gasteiger partial charge in [-0.05, 0) is 0 Å². The van der Waals surface area contributed by atoms with Crippen LogP contribution in [0.15, 0.2) is 12.4 Å². The molecule has 2 atom stereocenters. The smallest absolute Gasteiger partial charge is 0.233 e. The molecule has 76 valence electrons. The van der Waals surface area contributed by atoms with Gasteiger partial charge in [-0.2, -0.15) is 9.37 Å². The molecular weight excluding hydrogens is 185 g/mol. The molecule has 2 heterocycles. The number of anilines is 1. The third-order valence-corrected chi connectivity index (χ3v) is 2.49. The van der Waals surface area contributed by atoms with Crippen LogP contribution in [0.5, 0.6) is 0 Å². The molecule has 5 heteroatoms. The number of β-amino-alcohol motifs (C(OH)–C–C–N with tert-alkyl or cyclic N) is 1. The number of aliphatic hydroxyl groups is 1. The number of rotatable bonds is 1. The summed E-state index contributed by atoms with van der Waals surface area (Å²) in [7, 11) is 0. The van der Waals surface area contributed by atoms with Gasteiger partial charge in [-0.15, -0.1) is 0 Å². The molecule has 0 spiro atoms. The van der Waals surface area contributed by atoms with E-state index < -0.39 is 5.95 Å². The number of nitrogens with zero attached hydrogens (tertiary/aromatic N) is 3. The Hall–Kier alpha value is -1.23. The van der Waals surface area contributed by atoms with Gasteiger partial charge in [0.2, 0.25) is 5.95 Å². The maximum atomic E-state index is 12.8. The summed E-state index contributed by atoms with van der Waals surface area (Å²) >= 11 is 0. The van der Waals surface area contributed by atoms with Gasteiger partial charge in [0, 0.05) is 19.0 Å². The van der Waals surface area contributed by atoms with Crippen LogP contribution in [-0.2, 0) is 0 Å². The first-order valence-electron chi connectivity index (χ1n) is 4.57. The number of aromatic nitrogens is 2. The first kappa shape index (κ1) is 9.33. The van der Waals surface area contributed by atoms with Gasteiger partial charge in [-0.3, -0.25) is 4.98 Å². The Morgan fingerprint density at radius 1 is 1.50 bits per heavy atom. The van der Waals surface area contributed by atoms with Crippen LogP contribution in [0.25, 0.3) is 0 Å². The Bertz CT molecular complexity index is 324. The van der Waals surface area contributed by atoms with Crippen molar-refractivity contribution in [3.63, 3.8) is 0 Å². The average Bonchev–Trinajstić information content (AvgIpc) is 2.47. The molecule has 1 aliphatic heterocycles. The van der Waals surface area contributed by atoms with E-state index in [-0.39, 0.29) is 12.0 Å². The fourth-order valence-electron chi connectivity index (χ4n) is 1.62. The Labute approximate surface area is 81.4 Å². The zero-order chi connectivity index (χ0) is 10.1. The Kier molecular flexibility index (Phi) is 2.33. The molecule has 0 aliphatic carbocycles. The molecule has 4 nitrogen and oxygen atoms in total. The Balaban J connectivity index is 2.17. The fourth-order valence-corrected chi connectivity index (χ4v) is 1.62. The van der Waals surface area contributed by atoms with Crippen molar-refractivity contribution < 1.29 is 9.50 Å². The second-order valence-corrected chi connectivity index (χ2v) is 3.65. The molecule has 0 radical (unpaired) electrons. The molecule has 1 aromatic heterocycles. The molecule has 14 heavy (non-hydrogen) atoms.